The summed E-state index contributed by atoms with van der Waals surface area (Å²) in [5, 5.41) is 0.639. The number of aryl methyl sites for hydroxylation is 3. The largest absolute Gasteiger partial charge is 0.373 e. The molecule has 0 atom stereocenters. The number of benzene rings is 1. The van der Waals surface area contributed by atoms with Gasteiger partial charge in [-0.2, -0.15) is 0 Å². The van der Waals surface area contributed by atoms with Crippen LogP contribution in [0.25, 0.3) is 11.0 Å². The number of nitrogens with zero attached hydrogens (tertiary/aromatic N) is 3. The van der Waals surface area contributed by atoms with Gasteiger partial charge in [0.15, 0.2) is 0 Å². The van der Waals surface area contributed by atoms with Crippen molar-refractivity contribution in [2.75, 3.05) is 18.6 Å². The fourth-order valence-electron chi connectivity index (χ4n) is 5.60. The standard InChI is InChI=1S/C24H24F3N3O3S.C3H7N.C2H6/c1-30-21-16(8-17(22(30)31)24(33-2)9-23(10-24)11-34(32)12-23)18(28-13-29-21)7-6-14-4-3-5-15(19(14)25)20(26)27;4-3-1-2-3;1-2/h3-5,8,13,20H,6-7,9-12H2,1-2H3;3H,1-2,4H2;1-2H3. The zero-order chi connectivity index (χ0) is 29.2. The molecule has 0 unspecified atom stereocenters. The average molecular weight is 579 g/mol. The number of aromatic nitrogens is 3. The summed E-state index contributed by atoms with van der Waals surface area (Å²) < 4.78 is 59.7. The molecule has 1 aromatic carbocycles. The van der Waals surface area contributed by atoms with Crippen molar-refractivity contribution in [3.8, 4) is 0 Å². The van der Waals surface area contributed by atoms with Crippen LogP contribution in [0.15, 0.2) is 35.4 Å². The summed E-state index contributed by atoms with van der Waals surface area (Å²) in [5.74, 6) is 0.354. The second-order valence-corrected chi connectivity index (χ2v) is 12.2. The Hall–Kier alpha value is -2.63. The number of rotatable bonds is 6. The molecule has 2 aliphatic carbocycles. The van der Waals surface area contributed by atoms with Crippen molar-refractivity contribution in [1.29, 1.82) is 0 Å². The first kappa shape index (κ1) is 30.3. The van der Waals surface area contributed by atoms with E-state index in [1.165, 1.54) is 35.9 Å². The lowest BCUT2D eigenvalue weighted by atomic mass is 9.58. The Bertz CT molecular complexity index is 1440. The molecule has 3 aliphatic rings. The Kier molecular flexibility index (Phi) is 9.16. The number of methoxy groups -OCH3 is 1. The van der Waals surface area contributed by atoms with Gasteiger partial charge in [0.2, 0.25) is 0 Å². The third kappa shape index (κ3) is 5.87. The third-order valence-corrected chi connectivity index (χ3v) is 9.69. The van der Waals surface area contributed by atoms with Crippen LogP contribution in [0, 0.1) is 11.2 Å². The topological polar surface area (TPSA) is 100 Å². The average Bonchev–Trinajstić information content (AvgIpc) is 3.70. The minimum Gasteiger partial charge on any atom is -0.373 e. The zero-order valence-corrected chi connectivity index (χ0v) is 24.2. The first-order chi connectivity index (χ1) is 19.1. The van der Waals surface area contributed by atoms with E-state index in [4.69, 9.17) is 10.5 Å². The SMILES string of the molecule is CC.COC1(c2cc3c(CCc4cccc(C(F)F)c4F)ncnc3n(C)c2=O)CC2(CS(=O)C2)C1.NC1CC1. The molecule has 2 aromatic heterocycles. The van der Waals surface area contributed by atoms with E-state index in [0.29, 0.717) is 52.7 Å². The summed E-state index contributed by atoms with van der Waals surface area (Å²) in [5.41, 5.74) is 5.29. The maximum atomic E-state index is 14.5. The lowest BCUT2D eigenvalue weighted by Crippen LogP contribution is -2.62. The van der Waals surface area contributed by atoms with Crippen molar-refractivity contribution < 1.29 is 22.1 Å². The van der Waals surface area contributed by atoms with Crippen LogP contribution in [0.3, 0.4) is 0 Å². The molecule has 6 rings (SSSR count). The molecule has 3 fully saturated rings. The van der Waals surface area contributed by atoms with Crippen molar-refractivity contribution in [1.82, 2.24) is 14.5 Å². The molecule has 2 N–H and O–H groups in total. The molecule has 7 nitrogen and oxygen atoms in total. The number of ether oxygens (including phenoxy) is 1. The molecule has 0 bridgehead atoms. The van der Waals surface area contributed by atoms with Crippen LogP contribution in [-0.2, 0) is 41.0 Å². The van der Waals surface area contributed by atoms with Gasteiger partial charge in [-0.3, -0.25) is 13.6 Å². The van der Waals surface area contributed by atoms with E-state index in [-0.39, 0.29) is 29.4 Å². The van der Waals surface area contributed by atoms with Crippen molar-refractivity contribution >= 4 is 21.8 Å². The molecule has 1 aliphatic heterocycles. The summed E-state index contributed by atoms with van der Waals surface area (Å²) in [7, 11) is 2.41. The molecule has 2 saturated carbocycles. The van der Waals surface area contributed by atoms with Gasteiger partial charge in [0.05, 0.1) is 22.4 Å². The Balaban J connectivity index is 0.000000556. The number of hydrogen-bond donors (Lipinski definition) is 1. The van der Waals surface area contributed by atoms with E-state index < -0.39 is 34.2 Å². The maximum Gasteiger partial charge on any atom is 0.266 e. The molecular weight excluding hydrogens is 541 g/mol. The first-order valence-electron chi connectivity index (χ1n) is 13.6. The molecule has 0 radical (unpaired) electrons. The van der Waals surface area contributed by atoms with Crippen LogP contribution < -0.4 is 11.3 Å². The molecule has 218 valence electrons. The maximum absolute atomic E-state index is 14.5. The van der Waals surface area contributed by atoms with Gasteiger partial charge in [-0.25, -0.2) is 23.1 Å². The Morgan fingerprint density at radius 1 is 1.18 bits per heavy atom. The van der Waals surface area contributed by atoms with E-state index >= 15 is 0 Å². The van der Waals surface area contributed by atoms with Crippen LogP contribution in [0.2, 0.25) is 0 Å². The molecular formula is C29H37F3N4O3S. The highest BCUT2D eigenvalue weighted by molar-refractivity contribution is 7.86. The molecule has 0 amide bonds. The number of pyridine rings is 1. The summed E-state index contributed by atoms with van der Waals surface area (Å²) in [6, 6.07) is 6.33. The van der Waals surface area contributed by atoms with Crippen molar-refractivity contribution in [2.24, 2.45) is 18.2 Å². The van der Waals surface area contributed by atoms with Crippen LogP contribution in [0.5, 0.6) is 0 Å². The van der Waals surface area contributed by atoms with Crippen LogP contribution in [0.1, 0.15) is 68.3 Å². The minimum absolute atomic E-state index is 0.0376. The minimum atomic E-state index is -2.89. The second-order valence-electron chi connectivity index (χ2n) is 10.7. The lowest BCUT2D eigenvalue weighted by molar-refractivity contribution is -0.147. The van der Waals surface area contributed by atoms with Crippen LogP contribution in [-0.4, -0.2) is 43.4 Å². The summed E-state index contributed by atoms with van der Waals surface area (Å²) in [6.07, 6.45) is 2.68. The summed E-state index contributed by atoms with van der Waals surface area (Å²) in [6.45, 7) is 4.00. The second kappa shape index (κ2) is 12.1. The van der Waals surface area contributed by atoms with Gasteiger partial charge >= 0.3 is 0 Å². The number of nitrogens with two attached hydrogens (primary N) is 1. The van der Waals surface area contributed by atoms with Gasteiger partial charge < -0.3 is 10.5 Å². The van der Waals surface area contributed by atoms with Gasteiger partial charge in [-0.15, -0.1) is 0 Å². The molecule has 11 heteroatoms. The molecule has 3 heterocycles. The predicted octanol–water partition coefficient (Wildman–Crippen LogP) is 4.71. The Labute approximate surface area is 234 Å². The number of fused-ring (bicyclic) bond motifs is 1. The van der Waals surface area contributed by atoms with Crippen LogP contribution in [0.4, 0.5) is 13.2 Å². The van der Waals surface area contributed by atoms with Crippen molar-refractivity contribution in [3.05, 3.63) is 69.1 Å². The fraction of sp³-hybridized carbons (Fsp3) is 0.552. The molecule has 1 spiro atoms. The predicted molar refractivity (Wildman–Crippen MR) is 150 cm³/mol. The van der Waals surface area contributed by atoms with E-state index in [2.05, 4.69) is 9.97 Å². The normalized spacial score (nSPS) is 25.0. The number of alkyl halides is 2. The van der Waals surface area contributed by atoms with Crippen LogP contribution >= 0.6 is 0 Å². The first-order valence-corrected chi connectivity index (χ1v) is 15.1. The lowest BCUT2D eigenvalue weighted by Gasteiger charge is -2.59. The van der Waals surface area contributed by atoms with Gasteiger partial charge in [-0.1, -0.05) is 32.0 Å². The molecule has 3 aromatic rings. The fourth-order valence-corrected chi connectivity index (χ4v) is 7.29. The number of halogens is 3. The quantitative estimate of drug-likeness (QED) is 0.455. The smallest absolute Gasteiger partial charge is 0.266 e. The highest BCUT2D eigenvalue weighted by atomic mass is 32.2. The highest BCUT2D eigenvalue weighted by Gasteiger charge is 2.62. The molecule has 40 heavy (non-hydrogen) atoms. The summed E-state index contributed by atoms with van der Waals surface area (Å²) in [4.78, 5) is 21.9. The van der Waals surface area contributed by atoms with E-state index in [9.17, 15) is 22.2 Å². The van der Waals surface area contributed by atoms with E-state index in [1.807, 2.05) is 13.8 Å². The highest BCUT2D eigenvalue weighted by Crippen LogP contribution is 2.60. The van der Waals surface area contributed by atoms with Crippen molar-refractivity contribution in [3.63, 3.8) is 0 Å². The van der Waals surface area contributed by atoms with Crippen molar-refractivity contribution in [2.45, 2.75) is 70.4 Å². The van der Waals surface area contributed by atoms with E-state index in [0.717, 1.165) is 6.07 Å². The Morgan fingerprint density at radius 2 is 1.82 bits per heavy atom. The summed E-state index contributed by atoms with van der Waals surface area (Å²) >= 11 is 0. The number of hydrogen-bond acceptors (Lipinski definition) is 6. The van der Waals surface area contributed by atoms with Gasteiger partial charge in [0.25, 0.3) is 12.0 Å². The van der Waals surface area contributed by atoms with Gasteiger partial charge in [0, 0.05) is 47.9 Å². The van der Waals surface area contributed by atoms with E-state index in [1.54, 1.807) is 20.2 Å². The zero-order valence-electron chi connectivity index (χ0n) is 23.4. The third-order valence-electron chi connectivity index (χ3n) is 7.82. The monoisotopic (exact) mass is 578 g/mol. The van der Waals surface area contributed by atoms with Gasteiger partial charge in [-0.05, 0) is 55.6 Å². The molecule has 1 saturated heterocycles. The van der Waals surface area contributed by atoms with Gasteiger partial charge in [0.1, 0.15) is 17.8 Å². The Morgan fingerprint density at radius 3 is 2.38 bits per heavy atom.